The van der Waals surface area contributed by atoms with Gasteiger partial charge in [-0.3, -0.25) is 0 Å². The molecule has 6 heterocycles. The van der Waals surface area contributed by atoms with E-state index in [4.69, 9.17) is 8.83 Å². The number of rotatable bonds is 10. The molecule has 0 N–H and O–H groups in total. The van der Waals surface area contributed by atoms with Crippen LogP contribution in [0, 0.1) is 0 Å². The fraction of sp³-hybridized carbons (Fsp3) is 0. The van der Waals surface area contributed by atoms with Gasteiger partial charge >= 0.3 is 0 Å². The maximum absolute atomic E-state index is 6.72. The first kappa shape index (κ1) is 64.7. The Morgan fingerprint density at radius 2 is 0.456 bits per heavy atom. The minimum absolute atomic E-state index is 0.901. The Kier molecular flexibility index (Phi) is 14.9. The van der Waals surface area contributed by atoms with Crippen LogP contribution in [0.2, 0.25) is 0 Å². The number of hydrogen-bond acceptors (Lipinski definition) is 2. The molecule has 24 rings (SSSR count). The van der Waals surface area contributed by atoms with Gasteiger partial charge in [0.1, 0.15) is 22.3 Å². The molecule has 532 valence electrons. The molecule has 18 aromatic carbocycles. The van der Waals surface area contributed by atoms with Crippen LogP contribution in [0.4, 0.5) is 0 Å². The second kappa shape index (κ2) is 26.2. The largest absolute Gasteiger partial charge is 0.456 e. The summed E-state index contributed by atoms with van der Waals surface area (Å²) in [6, 6.07) is 149. The molecule has 0 aliphatic carbocycles. The van der Waals surface area contributed by atoms with Crippen molar-refractivity contribution in [1.82, 2.24) is 18.3 Å². The summed E-state index contributed by atoms with van der Waals surface area (Å²) < 4.78 is 22.8. The lowest BCUT2D eigenvalue weighted by Crippen LogP contribution is -1.94. The number of fused-ring (bicyclic) bond motifs is 20. The van der Waals surface area contributed by atoms with Gasteiger partial charge in [-0.2, -0.15) is 0 Å². The van der Waals surface area contributed by atoms with E-state index in [0.717, 1.165) is 94.1 Å². The van der Waals surface area contributed by atoms with Crippen LogP contribution < -0.4 is 0 Å². The van der Waals surface area contributed by atoms with Gasteiger partial charge in [-0.15, -0.1) is 0 Å². The van der Waals surface area contributed by atoms with Crippen LogP contribution in [-0.4, -0.2) is 18.3 Å². The molecule has 0 aliphatic rings. The van der Waals surface area contributed by atoms with Crippen molar-refractivity contribution in [1.29, 1.82) is 0 Å². The minimum atomic E-state index is 0.901. The van der Waals surface area contributed by atoms with Crippen molar-refractivity contribution in [2.75, 3.05) is 0 Å². The monoisotopic (exact) mass is 1450 g/mol. The second-order valence-electron chi connectivity index (χ2n) is 29.8. The third kappa shape index (κ3) is 10.5. The lowest BCUT2D eigenvalue weighted by molar-refractivity contribution is 0.669. The van der Waals surface area contributed by atoms with Gasteiger partial charge in [-0.05, 0) is 212 Å². The molecule has 6 aromatic heterocycles. The number of furan rings is 2. The first-order chi connectivity index (χ1) is 56.5. The van der Waals surface area contributed by atoms with Crippen molar-refractivity contribution in [3.63, 3.8) is 0 Å². The highest BCUT2D eigenvalue weighted by atomic mass is 16.3. The predicted molar refractivity (Wildman–Crippen MR) is 477 cm³/mol. The van der Waals surface area contributed by atoms with Crippen LogP contribution in [0.15, 0.2) is 421 Å². The zero-order chi connectivity index (χ0) is 74.9. The Bertz CT molecular complexity index is 7930. The van der Waals surface area contributed by atoms with Crippen LogP contribution >= 0.6 is 0 Å². The van der Waals surface area contributed by atoms with Crippen molar-refractivity contribution in [3.05, 3.63) is 413 Å². The third-order valence-corrected chi connectivity index (χ3v) is 23.4. The van der Waals surface area contributed by atoms with Crippen molar-refractivity contribution in [2.24, 2.45) is 0 Å². The summed E-state index contributed by atoms with van der Waals surface area (Å²) in [4.78, 5) is 0. The van der Waals surface area contributed by atoms with E-state index in [1.165, 1.54) is 127 Å². The molecule has 0 spiro atoms. The molecule has 6 heteroatoms. The molecule has 0 fully saturated rings. The zero-order valence-corrected chi connectivity index (χ0v) is 61.9. The van der Waals surface area contributed by atoms with Gasteiger partial charge in [0.2, 0.25) is 0 Å². The minimum Gasteiger partial charge on any atom is -0.456 e. The molecule has 0 unspecified atom stereocenters. The van der Waals surface area contributed by atoms with E-state index in [2.05, 4.69) is 419 Å². The maximum atomic E-state index is 6.72. The molecule has 0 saturated carbocycles. The van der Waals surface area contributed by atoms with Gasteiger partial charge in [0.15, 0.2) is 0 Å². The number of aromatic nitrogens is 4. The van der Waals surface area contributed by atoms with Crippen molar-refractivity contribution >= 4 is 131 Å². The predicted octanol–water partition coefficient (Wildman–Crippen LogP) is 29.6. The van der Waals surface area contributed by atoms with E-state index in [1.54, 1.807) is 0 Å². The Labute approximate surface area is 656 Å². The average Bonchev–Trinajstić information content (AvgIpc) is 1.56. The highest BCUT2D eigenvalue weighted by Crippen LogP contribution is 2.47. The standard InChI is InChI=1S/2C54H34N2O/c1-3-12-35(13-4-1)37-22-26-41(27-23-37)55-50-30-25-40(34-47(50)53-51(55)31-28-45-44-19-8-10-21-52(44)57-54(45)53)39-24-29-49-46(33-39)43-18-7-9-20-48(43)56(49)42-17-11-16-38(32-42)36-14-5-2-6-15-36;1-3-12-35(13-4-1)37-22-26-41(27-23-37)55-49-29-25-40(34-46(49)53-50(55)30-31-52-54(53)44-19-8-10-21-51(44)57-52)39-24-28-48-45(33-39)43-18-7-9-20-47(43)56(48)42-17-11-16-38(32-42)36-14-5-2-6-15-36/h2*1-34H. The van der Waals surface area contributed by atoms with Crippen molar-refractivity contribution < 1.29 is 8.83 Å². The molecule has 0 bridgehead atoms. The fourth-order valence-electron chi connectivity index (χ4n) is 18.2. The summed E-state index contributed by atoms with van der Waals surface area (Å²) >= 11 is 0. The number of hydrogen-bond donors (Lipinski definition) is 0. The van der Waals surface area contributed by atoms with Crippen molar-refractivity contribution in [2.45, 2.75) is 0 Å². The topological polar surface area (TPSA) is 46.0 Å². The Morgan fingerprint density at radius 3 is 0.939 bits per heavy atom. The molecule has 0 radical (unpaired) electrons. The summed E-state index contributed by atoms with van der Waals surface area (Å²) in [6.45, 7) is 0. The molecule has 0 saturated heterocycles. The first-order valence-corrected chi connectivity index (χ1v) is 39.0. The summed E-state index contributed by atoms with van der Waals surface area (Å²) in [5.74, 6) is 0. The quantitative estimate of drug-likeness (QED) is 0.137. The molecule has 0 atom stereocenters. The Hall–Kier alpha value is -15.2. The number of benzene rings is 18. The second-order valence-corrected chi connectivity index (χ2v) is 29.8. The van der Waals surface area contributed by atoms with Crippen LogP contribution in [0.1, 0.15) is 0 Å². The number of nitrogens with zero attached hydrogens (tertiary/aromatic N) is 4. The van der Waals surface area contributed by atoms with Crippen LogP contribution in [0.5, 0.6) is 0 Å². The summed E-state index contributed by atoms with van der Waals surface area (Å²) in [5.41, 5.74) is 31.9. The van der Waals surface area contributed by atoms with Gasteiger partial charge in [0.25, 0.3) is 0 Å². The van der Waals surface area contributed by atoms with Gasteiger partial charge in [0, 0.05) is 82.0 Å². The van der Waals surface area contributed by atoms with E-state index < -0.39 is 0 Å². The van der Waals surface area contributed by atoms with E-state index in [0.29, 0.717) is 0 Å². The molecule has 0 aliphatic heterocycles. The van der Waals surface area contributed by atoms with E-state index in [9.17, 15) is 0 Å². The fourth-order valence-corrected chi connectivity index (χ4v) is 18.2. The molecular formula is C108H68N4O2. The van der Waals surface area contributed by atoms with E-state index in [1.807, 2.05) is 12.1 Å². The number of para-hydroxylation sites is 4. The molecular weight excluding hydrogens is 1390 g/mol. The zero-order valence-electron chi connectivity index (χ0n) is 61.9. The van der Waals surface area contributed by atoms with Crippen LogP contribution in [-0.2, 0) is 0 Å². The SMILES string of the molecule is c1ccc(-c2ccc(-n3c4ccc(-c5ccc6c(c5)c5ccccc5n6-c5cccc(-c6ccccc6)c5)cc4c4c5c(ccc43)oc3ccccc35)cc2)cc1.c1ccc(-c2ccc(-n3c4ccc(-c5ccc6c(c5)c5ccccc5n6-c5cccc(-c6ccccc6)c5)cc4c4c5oc6ccccc6c5ccc43)cc2)cc1. The average molecular weight is 1450 g/mol. The van der Waals surface area contributed by atoms with E-state index in [-0.39, 0.29) is 0 Å². The van der Waals surface area contributed by atoms with Gasteiger partial charge in [0.05, 0.1) is 49.5 Å². The summed E-state index contributed by atoms with van der Waals surface area (Å²) in [5, 5.41) is 14.2. The van der Waals surface area contributed by atoms with Gasteiger partial charge in [-0.25, -0.2) is 0 Å². The molecule has 6 nitrogen and oxygen atoms in total. The maximum Gasteiger partial charge on any atom is 0.145 e. The third-order valence-electron chi connectivity index (χ3n) is 23.4. The first-order valence-electron chi connectivity index (χ1n) is 39.0. The van der Waals surface area contributed by atoms with Crippen molar-refractivity contribution in [3.8, 4) is 89.5 Å². The Morgan fingerprint density at radius 1 is 0.140 bits per heavy atom. The molecule has 114 heavy (non-hydrogen) atoms. The smallest absolute Gasteiger partial charge is 0.145 e. The lowest BCUT2D eigenvalue weighted by Gasteiger charge is -2.11. The van der Waals surface area contributed by atoms with Crippen LogP contribution in [0.3, 0.4) is 0 Å². The van der Waals surface area contributed by atoms with E-state index >= 15 is 0 Å². The van der Waals surface area contributed by atoms with Crippen LogP contribution in [0.25, 0.3) is 221 Å². The normalized spacial score (nSPS) is 11.9. The van der Waals surface area contributed by atoms with Gasteiger partial charge < -0.3 is 27.1 Å². The summed E-state index contributed by atoms with van der Waals surface area (Å²) in [7, 11) is 0. The molecule has 24 aromatic rings. The summed E-state index contributed by atoms with van der Waals surface area (Å²) in [6.07, 6.45) is 0. The lowest BCUT2D eigenvalue weighted by atomic mass is 9.99. The van der Waals surface area contributed by atoms with Gasteiger partial charge in [-0.1, -0.05) is 267 Å². The molecule has 0 amide bonds. The highest BCUT2D eigenvalue weighted by Gasteiger charge is 2.24. The Balaban J connectivity index is 0.000000135. The highest BCUT2D eigenvalue weighted by molar-refractivity contribution is 6.28.